The van der Waals surface area contributed by atoms with E-state index in [4.69, 9.17) is 0 Å². The zero-order chi connectivity index (χ0) is 18.5. The van der Waals surface area contributed by atoms with E-state index in [0.29, 0.717) is 18.0 Å². The molecule has 1 aromatic heterocycles. The highest BCUT2D eigenvalue weighted by Gasteiger charge is 2.27. The molecule has 142 valence electrons. The first-order chi connectivity index (χ1) is 11.7. The van der Waals surface area contributed by atoms with Crippen LogP contribution in [0.3, 0.4) is 0 Å². The molecule has 1 amide bonds. The average Bonchev–Trinajstić information content (AvgIpc) is 3.04. The fraction of sp³-hybridized carbons (Fsp3) is 0.667. The van der Waals surface area contributed by atoms with E-state index in [1.54, 1.807) is 19.1 Å². The number of nitrogens with one attached hydrogen (secondary N) is 1. The van der Waals surface area contributed by atoms with Crippen LogP contribution < -0.4 is 5.32 Å². The maximum Gasteiger partial charge on any atom is 0.252 e. The van der Waals surface area contributed by atoms with Crippen molar-refractivity contribution in [3.8, 4) is 0 Å². The molecule has 1 fully saturated rings. The zero-order valence-corrected chi connectivity index (χ0v) is 16.7. The third-order valence-corrected chi connectivity index (χ3v) is 9.21. The molecule has 0 aromatic carbocycles. The summed E-state index contributed by atoms with van der Waals surface area (Å²) in [4.78, 5) is 12.5. The van der Waals surface area contributed by atoms with Gasteiger partial charge in [0, 0.05) is 30.3 Å². The topological polar surface area (TPSA) is 101 Å². The summed E-state index contributed by atoms with van der Waals surface area (Å²) in [6.07, 6.45) is 2.85. The Hall–Kier alpha value is -0.970. The fourth-order valence-electron chi connectivity index (χ4n) is 2.54. The molecule has 0 bridgehead atoms. The summed E-state index contributed by atoms with van der Waals surface area (Å²) < 4.78 is 49.7. The minimum atomic E-state index is -3.48. The molecule has 1 saturated heterocycles. The SMILES string of the molecule is CCS(=O)(=O)CCNC(=O)Cc1ccc(S(=O)(=O)N2CCCCC2)s1. The van der Waals surface area contributed by atoms with Crippen LogP contribution >= 0.6 is 11.3 Å². The maximum atomic E-state index is 12.6. The molecule has 0 unspecified atom stereocenters. The minimum absolute atomic E-state index is 0.0471. The van der Waals surface area contributed by atoms with Crippen LogP contribution in [0.15, 0.2) is 16.3 Å². The fourth-order valence-corrected chi connectivity index (χ4v) is 6.26. The van der Waals surface area contributed by atoms with Gasteiger partial charge in [0.1, 0.15) is 4.21 Å². The molecule has 0 spiro atoms. The van der Waals surface area contributed by atoms with Crippen LogP contribution in [-0.2, 0) is 31.1 Å². The molecule has 1 aliphatic heterocycles. The van der Waals surface area contributed by atoms with Gasteiger partial charge in [0.15, 0.2) is 9.84 Å². The largest absolute Gasteiger partial charge is 0.355 e. The molecule has 10 heteroatoms. The normalized spacial score (nSPS) is 16.7. The summed E-state index contributed by atoms with van der Waals surface area (Å²) in [6, 6.07) is 3.18. The summed E-state index contributed by atoms with van der Waals surface area (Å²) in [5, 5.41) is 2.56. The van der Waals surface area contributed by atoms with Gasteiger partial charge >= 0.3 is 0 Å². The van der Waals surface area contributed by atoms with Crippen LogP contribution in [0.4, 0.5) is 0 Å². The third-order valence-electron chi connectivity index (χ3n) is 4.06. The first-order valence-corrected chi connectivity index (χ1v) is 12.4. The van der Waals surface area contributed by atoms with Gasteiger partial charge in [-0.1, -0.05) is 13.3 Å². The summed E-state index contributed by atoms with van der Waals surface area (Å²) in [7, 11) is -6.59. The third kappa shape index (κ3) is 5.77. The lowest BCUT2D eigenvalue weighted by atomic mass is 10.2. The van der Waals surface area contributed by atoms with Crippen molar-refractivity contribution in [2.75, 3.05) is 31.1 Å². The van der Waals surface area contributed by atoms with Gasteiger partial charge in [-0.25, -0.2) is 16.8 Å². The maximum absolute atomic E-state index is 12.6. The van der Waals surface area contributed by atoms with Gasteiger partial charge < -0.3 is 5.32 Å². The van der Waals surface area contributed by atoms with Crippen LogP contribution in [-0.4, -0.2) is 58.2 Å². The molecule has 0 atom stereocenters. The van der Waals surface area contributed by atoms with Gasteiger partial charge in [-0.15, -0.1) is 11.3 Å². The molecule has 1 N–H and O–H groups in total. The first-order valence-electron chi connectivity index (χ1n) is 8.30. The molecular formula is C15H24N2O5S3. The molecule has 7 nitrogen and oxygen atoms in total. The van der Waals surface area contributed by atoms with Gasteiger partial charge in [-0.2, -0.15) is 4.31 Å². The number of carbonyl (C=O) groups is 1. The quantitative estimate of drug-likeness (QED) is 0.692. The number of carbonyl (C=O) groups excluding carboxylic acids is 1. The highest BCUT2D eigenvalue weighted by molar-refractivity contribution is 7.91. The van der Waals surface area contributed by atoms with Crippen LogP contribution in [0.25, 0.3) is 0 Å². The molecular weight excluding hydrogens is 384 g/mol. The molecule has 0 aliphatic carbocycles. The molecule has 2 rings (SSSR count). The Morgan fingerprint density at radius 3 is 2.48 bits per heavy atom. The lowest BCUT2D eigenvalue weighted by molar-refractivity contribution is -0.120. The lowest BCUT2D eigenvalue weighted by Crippen LogP contribution is -2.35. The number of thiophene rings is 1. The van der Waals surface area contributed by atoms with Crippen molar-refractivity contribution in [2.24, 2.45) is 0 Å². The first kappa shape index (κ1) is 20.3. The molecule has 0 radical (unpaired) electrons. The van der Waals surface area contributed by atoms with Gasteiger partial charge in [0.05, 0.1) is 12.2 Å². The zero-order valence-electron chi connectivity index (χ0n) is 14.2. The summed E-state index contributed by atoms with van der Waals surface area (Å²) >= 11 is 1.10. The van der Waals surface area contributed by atoms with E-state index < -0.39 is 19.9 Å². The second-order valence-corrected chi connectivity index (χ2v) is 11.8. The molecule has 25 heavy (non-hydrogen) atoms. The van der Waals surface area contributed by atoms with Crippen molar-refractivity contribution >= 4 is 37.1 Å². The monoisotopic (exact) mass is 408 g/mol. The standard InChI is InChI=1S/C15H24N2O5S3/c1-2-24(19,20)11-8-16-14(18)12-13-6-7-15(23-13)25(21,22)17-9-4-3-5-10-17/h6-7H,2-5,8-12H2,1H3,(H,16,18). The Labute approximate surface area is 153 Å². The van der Waals surface area contributed by atoms with Crippen molar-refractivity contribution in [1.29, 1.82) is 0 Å². The number of rotatable bonds is 8. The summed E-state index contributed by atoms with van der Waals surface area (Å²) in [5.41, 5.74) is 0. The highest BCUT2D eigenvalue weighted by atomic mass is 32.2. The van der Waals surface area contributed by atoms with Crippen LogP contribution in [0.5, 0.6) is 0 Å². The Morgan fingerprint density at radius 1 is 1.16 bits per heavy atom. The molecule has 2 heterocycles. The minimum Gasteiger partial charge on any atom is -0.355 e. The highest BCUT2D eigenvalue weighted by Crippen LogP contribution is 2.27. The van der Waals surface area contributed by atoms with E-state index in [1.807, 2.05) is 0 Å². The van der Waals surface area contributed by atoms with E-state index in [9.17, 15) is 21.6 Å². The molecule has 1 aliphatic rings. The van der Waals surface area contributed by atoms with Gasteiger partial charge in [0.25, 0.3) is 10.0 Å². The van der Waals surface area contributed by atoms with Crippen molar-refractivity contribution < 1.29 is 21.6 Å². The number of hydrogen-bond acceptors (Lipinski definition) is 6. The van der Waals surface area contributed by atoms with Crippen molar-refractivity contribution in [2.45, 2.75) is 36.8 Å². The number of nitrogens with zero attached hydrogens (tertiary/aromatic N) is 1. The van der Waals surface area contributed by atoms with E-state index in [-0.39, 0.29) is 34.6 Å². The van der Waals surface area contributed by atoms with Gasteiger partial charge in [-0.3, -0.25) is 4.79 Å². The Morgan fingerprint density at radius 2 is 1.84 bits per heavy atom. The Kier molecular flexibility index (Phi) is 7.01. The van der Waals surface area contributed by atoms with Crippen molar-refractivity contribution in [3.05, 3.63) is 17.0 Å². The van der Waals surface area contributed by atoms with E-state index in [1.165, 1.54) is 4.31 Å². The van der Waals surface area contributed by atoms with Crippen molar-refractivity contribution in [3.63, 3.8) is 0 Å². The predicted octanol–water partition coefficient (Wildman–Crippen LogP) is 1.02. The lowest BCUT2D eigenvalue weighted by Gasteiger charge is -2.25. The second-order valence-electron chi connectivity index (χ2n) is 5.95. The van der Waals surface area contributed by atoms with E-state index >= 15 is 0 Å². The number of hydrogen-bond donors (Lipinski definition) is 1. The molecule has 1 aromatic rings. The second kappa shape index (κ2) is 8.61. The number of piperidine rings is 1. The van der Waals surface area contributed by atoms with E-state index in [2.05, 4.69) is 5.32 Å². The van der Waals surface area contributed by atoms with Crippen molar-refractivity contribution in [1.82, 2.24) is 9.62 Å². The van der Waals surface area contributed by atoms with Gasteiger partial charge in [0.2, 0.25) is 5.91 Å². The molecule has 0 saturated carbocycles. The van der Waals surface area contributed by atoms with Gasteiger partial charge in [-0.05, 0) is 25.0 Å². The average molecular weight is 409 g/mol. The number of amides is 1. The number of sulfonamides is 1. The Balaban J connectivity index is 1.91. The van der Waals surface area contributed by atoms with Crippen LogP contribution in [0.1, 0.15) is 31.1 Å². The van der Waals surface area contributed by atoms with Crippen LogP contribution in [0, 0.1) is 0 Å². The summed E-state index contributed by atoms with van der Waals surface area (Å²) in [5.74, 6) is -0.352. The predicted molar refractivity (Wildman–Crippen MR) is 98.0 cm³/mol. The van der Waals surface area contributed by atoms with Crippen LogP contribution in [0.2, 0.25) is 0 Å². The summed E-state index contributed by atoms with van der Waals surface area (Å²) in [6.45, 7) is 2.72. The number of sulfone groups is 1. The Bertz CT molecular complexity index is 793. The smallest absolute Gasteiger partial charge is 0.252 e. The van der Waals surface area contributed by atoms with E-state index in [0.717, 1.165) is 30.6 Å².